The summed E-state index contributed by atoms with van der Waals surface area (Å²) in [5, 5.41) is 14.3. The number of nitrogens with zero attached hydrogens (tertiary/aromatic N) is 4. The molecule has 1 aromatic heterocycles. The first-order chi connectivity index (χ1) is 17.3. The predicted octanol–water partition coefficient (Wildman–Crippen LogP) is 4.74. The van der Waals surface area contributed by atoms with Crippen LogP contribution in [-0.2, 0) is 10.6 Å². The summed E-state index contributed by atoms with van der Waals surface area (Å²) in [6.07, 6.45) is 7.41. The molecule has 0 radical (unpaired) electrons. The van der Waals surface area contributed by atoms with Crippen LogP contribution in [0.25, 0.3) is 11.8 Å². The Labute approximate surface area is 211 Å². The van der Waals surface area contributed by atoms with Crippen LogP contribution in [0.2, 0.25) is 0 Å². The van der Waals surface area contributed by atoms with Gasteiger partial charge >= 0.3 is 0 Å². The molecule has 0 spiro atoms. The number of hydrogen-bond donors (Lipinski definition) is 1. The normalized spacial score (nSPS) is 17.5. The highest BCUT2D eigenvalue weighted by Gasteiger charge is 2.47. The van der Waals surface area contributed by atoms with Gasteiger partial charge in [-0.15, -0.1) is 11.6 Å². The molecular formula is C25H24ClF3N4O3. The maximum absolute atomic E-state index is 14.0. The van der Waals surface area contributed by atoms with Gasteiger partial charge < -0.3 is 24.1 Å². The van der Waals surface area contributed by atoms with Crippen molar-refractivity contribution in [3.8, 4) is 11.4 Å². The molecule has 11 heteroatoms. The highest BCUT2D eigenvalue weighted by Crippen LogP contribution is 2.37. The fourth-order valence-electron chi connectivity index (χ4n) is 3.97. The SMILES string of the molecule is COc1cc(C=CC2=NOC(CO)(c3cc(F)c(F)c(F)c3)N2CCCCl)ccc1-n1cnc(C)c1. The minimum Gasteiger partial charge on any atom is -0.495 e. The van der Waals surface area contributed by atoms with Crippen LogP contribution in [-0.4, -0.2) is 51.5 Å². The van der Waals surface area contributed by atoms with E-state index in [9.17, 15) is 18.3 Å². The Hall–Kier alpha value is -3.50. The lowest BCUT2D eigenvalue weighted by molar-refractivity contribution is -0.136. The van der Waals surface area contributed by atoms with Gasteiger partial charge in [0.05, 0.1) is 24.8 Å². The Kier molecular flexibility index (Phi) is 7.56. The number of methoxy groups -OCH3 is 1. The van der Waals surface area contributed by atoms with Crippen LogP contribution in [0.3, 0.4) is 0 Å². The van der Waals surface area contributed by atoms with Crippen molar-refractivity contribution in [2.45, 2.75) is 19.1 Å². The number of benzene rings is 2. The Balaban J connectivity index is 1.65. The summed E-state index contributed by atoms with van der Waals surface area (Å²) in [6.45, 7) is 1.44. The Morgan fingerprint density at radius 1 is 1.17 bits per heavy atom. The van der Waals surface area contributed by atoms with E-state index in [2.05, 4.69) is 10.1 Å². The molecule has 0 bridgehead atoms. The van der Waals surface area contributed by atoms with Gasteiger partial charge in [-0.25, -0.2) is 18.2 Å². The minimum absolute atomic E-state index is 0.121. The largest absolute Gasteiger partial charge is 0.495 e. The van der Waals surface area contributed by atoms with E-state index in [1.165, 1.54) is 4.90 Å². The van der Waals surface area contributed by atoms with Gasteiger partial charge in [0.25, 0.3) is 5.72 Å². The third-order valence-corrected chi connectivity index (χ3v) is 6.05. The maximum Gasteiger partial charge on any atom is 0.260 e. The van der Waals surface area contributed by atoms with Crippen molar-refractivity contribution < 1.29 is 27.9 Å². The first kappa shape index (κ1) is 25.6. The monoisotopic (exact) mass is 520 g/mol. The third kappa shape index (κ3) is 4.78. The van der Waals surface area contributed by atoms with E-state index in [1.807, 2.05) is 35.9 Å². The summed E-state index contributed by atoms with van der Waals surface area (Å²) in [5.74, 6) is -3.23. The number of aryl methyl sites for hydroxylation is 1. The van der Waals surface area contributed by atoms with Crippen LogP contribution < -0.4 is 4.74 Å². The molecule has 4 rings (SSSR count). The third-order valence-electron chi connectivity index (χ3n) is 5.79. The number of hydrogen-bond acceptors (Lipinski definition) is 6. The summed E-state index contributed by atoms with van der Waals surface area (Å²) >= 11 is 5.88. The molecule has 0 aliphatic carbocycles. The molecule has 2 aromatic carbocycles. The van der Waals surface area contributed by atoms with Gasteiger partial charge in [-0.1, -0.05) is 17.3 Å². The second-order valence-electron chi connectivity index (χ2n) is 8.12. The zero-order chi connectivity index (χ0) is 25.9. The lowest BCUT2D eigenvalue weighted by atomic mass is 10.00. The van der Waals surface area contributed by atoms with Crippen molar-refractivity contribution in [1.82, 2.24) is 14.5 Å². The number of ether oxygens (including phenoxy) is 1. The van der Waals surface area contributed by atoms with Gasteiger partial charge in [0.15, 0.2) is 23.3 Å². The molecule has 3 aromatic rings. The van der Waals surface area contributed by atoms with E-state index in [0.29, 0.717) is 12.2 Å². The van der Waals surface area contributed by atoms with E-state index in [1.54, 1.807) is 25.6 Å². The van der Waals surface area contributed by atoms with Gasteiger partial charge in [0.1, 0.15) is 12.4 Å². The summed E-state index contributed by atoms with van der Waals surface area (Å²) < 4.78 is 49.0. The standard InChI is InChI=1S/C25H24ClF3N4O3/c1-16-13-32(15-30-16)21-6-4-17(10-22(21)35-2)5-7-23-31-36-25(14-34,33(23)9-3-8-26)18-11-19(27)24(29)20(28)12-18/h4-7,10-13,15,34H,3,8-9,14H2,1-2H3. The van der Waals surface area contributed by atoms with Gasteiger partial charge in [0, 0.05) is 24.2 Å². The number of aliphatic hydroxyl groups is 1. The molecule has 1 aliphatic rings. The second kappa shape index (κ2) is 10.6. The number of imidazole rings is 1. The second-order valence-corrected chi connectivity index (χ2v) is 8.50. The van der Waals surface area contributed by atoms with Crippen molar-refractivity contribution in [1.29, 1.82) is 0 Å². The molecular weight excluding hydrogens is 497 g/mol. The molecule has 1 atom stereocenters. The lowest BCUT2D eigenvalue weighted by Crippen LogP contribution is -2.49. The Morgan fingerprint density at radius 2 is 1.92 bits per heavy atom. The van der Waals surface area contributed by atoms with Crippen molar-refractivity contribution >= 4 is 23.5 Å². The molecule has 1 aliphatic heterocycles. The molecule has 36 heavy (non-hydrogen) atoms. The number of aliphatic hydroxyl groups excluding tert-OH is 1. The van der Waals surface area contributed by atoms with Gasteiger partial charge in [-0.05, 0) is 49.2 Å². The molecule has 1 unspecified atom stereocenters. The van der Waals surface area contributed by atoms with E-state index < -0.39 is 29.8 Å². The van der Waals surface area contributed by atoms with Crippen molar-refractivity contribution in [2.24, 2.45) is 5.16 Å². The first-order valence-electron chi connectivity index (χ1n) is 11.1. The van der Waals surface area contributed by atoms with Crippen molar-refractivity contribution in [3.63, 3.8) is 0 Å². The summed E-state index contributed by atoms with van der Waals surface area (Å²) in [6, 6.07) is 7.13. The van der Waals surface area contributed by atoms with Crippen LogP contribution in [0.4, 0.5) is 13.2 Å². The van der Waals surface area contributed by atoms with Crippen molar-refractivity contribution in [3.05, 3.63) is 83.2 Å². The fraction of sp³-hybridized carbons (Fsp3) is 0.280. The molecule has 2 heterocycles. The Morgan fingerprint density at radius 3 is 2.53 bits per heavy atom. The molecule has 0 saturated heterocycles. The lowest BCUT2D eigenvalue weighted by Gasteiger charge is -2.35. The molecule has 1 N–H and O–H groups in total. The maximum atomic E-state index is 14.0. The zero-order valence-electron chi connectivity index (χ0n) is 19.6. The zero-order valence-corrected chi connectivity index (χ0v) is 20.3. The molecule has 7 nitrogen and oxygen atoms in total. The number of oxime groups is 1. The topological polar surface area (TPSA) is 72.1 Å². The summed E-state index contributed by atoms with van der Waals surface area (Å²) in [7, 11) is 1.56. The number of alkyl halides is 1. The highest BCUT2D eigenvalue weighted by atomic mass is 35.5. The highest BCUT2D eigenvalue weighted by molar-refractivity contribution is 6.17. The van der Waals surface area contributed by atoms with E-state index in [-0.39, 0.29) is 23.8 Å². The fourth-order valence-corrected chi connectivity index (χ4v) is 4.09. The van der Waals surface area contributed by atoms with Crippen LogP contribution in [0.15, 0.2) is 54.1 Å². The molecule has 0 amide bonds. The minimum atomic E-state index is -1.75. The summed E-state index contributed by atoms with van der Waals surface area (Å²) in [4.78, 5) is 11.3. The quantitative estimate of drug-likeness (QED) is 0.326. The van der Waals surface area contributed by atoms with Gasteiger partial charge in [-0.3, -0.25) is 0 Å². The number of amidine groups is 1. The van der Waals surface area contributed by atoms with Gasteiger partial charge in [-0.2, -0.15) is 0 Å². The van der Waals surface area contributed by atoms with Crippen molar-refractivity contribution in [2.75, 3.05) is 26.1 Å². The van der Waals surface area contributed by atoms with E-state index in [0.717, 1.165) is 29.1 Å². The smallest absolute Gasteiger partial charge is 0.260 e. The van der Waals surface area contributed by atoms with Crippen LogP contribution in [0, 0.1) is 24.4 Å². The first-order valence-corrected chi connectivity index (χ1v) is 11.6. The number of aromatic nitrogens is 2. The predicted molar refractivity (Wildman–Crippen MR) is 130 cm³/mol. The van der Waals surface area contributed by atoms with E-state index in [4.69, 9.17) is 21.2 Å². The van der Waals surface area contributed by atoms with Crippen LogP contribution in [0.5, 0.6) is 5.75 Å². The summed E-state index contributed by atoms with van der Waals surface area (Å²) in [5.41, 5.74) is 0.574. The van der Waals surface area contributed by atoms with E-state index >= 15 is 0 Å². The molecule has 0 fully saturated rings. The average molecular weight is 521 g/mol. The van der Waals surface area contributed by atoms with Crippen LogP contribution in [0.1, 0.15) is 23.2 Å². The average Bonchev–Trinajstić information content (AvgIpc) is 3.47. The Bertz CT molecular complexity index is 1290. The number of halogens is 4. The molecule has 0 saturated carbocycles. The molecule has 190 valence electrons. The van der Waals surface area contributed by atoms with Crippen LogP contribution >= 0.6 is 11.6 Å². The van der Waals surface area contributed by atoms with Gasteiger partial charge in [0.2, 0.25) is 0 Å². The number of rotatable bonds is 9.